The fourth-order valence-electron chi connectivity index (χ4n) is 3.55. The van der Waals surface area contributed by atoms with Gasteiger partial charge in [-0.05, 0) is 42.7 Å². The summed E-state index contributed by atoms with van der Waals surface area (Å²) in [6.45, 7) is 6.90. The van der Waals surface area contributed by atoms with Gasteiger partial charge in [-0.1, -0.05) is 30.3 Å². The lowest BCUT2D eigenvalue weighted by molar-refractivity contribution is 0.353. The van der Waals surface area contributed by atoms with Gasteiger partial charge < -0.3 is 24.3 Å². The minimum absolute atomic E-state index is 0. The summed E-state index contributed by atoms with van der Waals surface area (Å²) in [6.07, 6.45) is 3.83. The van der Waals surface area contributed by atoms with Crippen LogP contribution in [-0.4, -0.2) is 48.2 Å². The lowest BCUT2D eigenvalue weighted by Crippen LogP contribution is -2.38. The second-order valence-electron chi connectivity index (χ2n) is 7.62. The molecule has 33 heavy (non-hydrogen) atoms. The minimum atomic E-state index is 0. The van der Waals surface area contributed by atoms with Crippen molar-refractivity contribution in [1.29, 1.82) is 0 Å². The molecule has 0 radical (unpaired) electrons. The molecule has 0 aliphatic rings. The molecular formula is C25H34IN5O2. The first-order valence-electron chi connectivity index (χ1n) is 10.8. The van der Waals surface area contributed by atoms with E-state index in [1.54, 1.807) is 14.2 Å². The largest absolute Gasteiger partial charge is 0.493 e. The number of benzene rings is 2. The van der Waals surface area contributed by atoms with Crippen LogP contribution in [0.3, 0.4) is 0 Å². The quantitative estimate of drug-likeness (QED) is 0.237. The number of aryl methyl sites for hydroxylation is 1. The molecule has 0 aliphatic carbocycles. The summed E-state index contributed by atoms with van der Waals surface area (Å²) < 4.78 is 13.0. The SMILES string of the molecule is CCNC(=NCc1nccn1Cc1ccccc1)N(C)Cc1cc(OC)c(OC)cc1C.I. The number of imidazole rings is 1. The van der Waals surface area contributed by atoms with Crippen LogP contribution < -0.4 is 14.8 Å². The molecule has 7 nitrogen and oxygen atoms in total. The molecular weight excluding hydrogens is 529 g/mol. The van der Waals surface area contributed by atoms with E-state index in [9.17, 15) is 0 Å². The second-order valence-corrected chi connectivity index (χ2v) is 7.62. The lowest BCUT2D eigenvalue weighted by atomic mass is 10.1. The monoisotopic (exact) mass is 563 g/mol. The summed E-state index contributed by atoms with van der Waals surface area (Å²) in [5, 5.41) is 3.39. The Balaban J connectivity index is 0.00000385. The van der Waals surface area contributed by atoms with Crippen LogP contribution in [0.2, 0.25) is 0 Å². The molecule has 0 bridgehead atoms. The normalized spacial score (nSPS) is 11.0. The van der Waals surface area contributed by atoms with E-state index in [4.69, 9.17) is 14.5 Å². The average Bonchev–Trinajstić information content (AvgIpc) is 3.25. The molecule has 3 aromatic rings. The molecule has 0 atom stereocenters. The van der Waals surface area contributed by atoms with E-state index in [1.165, 1.54) is 5.56 Å². The van der Waals surface area contributed by atoms with Gasteiger partial charge in [-0.25, -0.2) is 9.98 Å². The van der Waals surface area contributed by atoms with Crippen LogP contribution in [0.5, 0.6) is 11.5 Å². The number of aromatic nitrogens is 2. The van der Waals surface area contributed by atoms with Gasteiger partial charge in [0.05, 0.1) is 14.2 Å². The molecule has 0 amide bonds. The van der Waals surface area contributed by atoms with Crippen LogP contribution >= 0.6 is 24.0 Å². The van der Waals surface area contributed by atoms with Crippen molar-refractivity contribution in [3.8, 4) is 11.5 Å². The second kappa shape index (κ2) is 13.1. The third-order valence-corrected chi connectivity index (χ3v) is 5.31. The van der Waals surface area contributed by atoms with Crippen molar-refractivity contribution in [2.45, 2.75) is 33.5 Å². The van der Waals surface area contributed by atoms with E-state index in [0.29, 0.717) is 13.1 Å². The van der Waals surface area contributed by atoms with Gasteiger partial charge in [0.15, 0.2) is 17.5 Å². The predicted molar refractivity (Wildman–Crippen MR) is 144 cm³/mol. The standard InChI is InChI=1S/C25H33N5O2.HI/c1-6-26-25(29(3)18-21-15-23(32-5)22(31-4)14-19(21)2)28-16-24-27-12-13-30(24)17-20-10-8-7-9-11-20;/h7-15H,6,16-18H2,1-5H3,(H,26,28);1H. The van der Waals surface area contributed by atoms with E-state index in [-0.39, 0.29) is 24.0 Å². The highest BCUT2D eigenvalue weighted by Crippen LogP contribution is 2.30. The number of hydrogen-bond donors (Lipinski definition) is 1. The molecule has 8 heteroatoms. The third-order valence-electron chi connectivity index (χ3n) is 5.31. The molecule has 1 heterocycles. The number of ether oxygens (including phenoxy) is 2. The Kier molecular flexibility index (Phi) is 10.5. The first kappa shape index (κ1) is 26.5. The van der Waals surface area contributed by atoms with E-state index in [0.717, 1.165) is 47.5 Å². The molecule has 0 unspecified atom stereocenters. The van der Waals surface area contributed by atoms with Gasteiger partial charge in [0.1, 0.15) is 12.4 Å². The average molecular weight is 563 g/mol. The molecule has 3 rings (SSSR count). The van der Waals surface area contributed by atoms with Crippen molar-refractivity contribution in [3.63, 3.8) is 0 Å². The summed E-state index contributed by atoms with van der Waals surface area (Å²) in [7, 11) is 5.35. The number of rotatable bonds is 9. The predicted octanol–water partition coefficient (Wildman–Crippen LogP) is 4.47. The van der Waals surface area contributed by atoms with Gasteiger partial charge in [-0.3, -0.25) is 0 Å². The molecule has 1 N–H and O–H groups in total. The van der Waals surface area contributed by atoms with Crippen LogP contribution in [0.25, 0.3) is 0 Å². The fourth-order valence-corrected chi connectivity index (χ4v) is 3.55. The molecule has 0 saturated heterocycles. The van der Waals surface area contributed by atoms with Gasteiger partial charge in [-0.2, -0.15) is 0 Å². The van der Waals surface area contributed by atoms with Crippen LogP contribution in [0.4, 0.5) is 0 Å². The first-order chi connectivity index (χ1) is 15.5. The molecule has 0 saturated carbocycles. The third kappa shape index (κ3) is 7.12. The molecule has 2 aromatic carbocycles. The number of methoxy groups -OCH3 is 2. The Labute approximate surface area is 213 Å². The van der Waals surface area contributed by atoms with E-state index >= 15 is 0 Å². The number of nitrogens with one attached hydrogen (secondary N) is 1. The van der Waals surface area contributed by atoms with Gasteiger partial charge in [0, 0.05) is 39.1 Å². The molecule has 0 fully saturated rings. The minimum Gasteiger partial charge on any atom is -0.493 e. The summed E-state index contributed by atoms with van der Waals surface area (Å²) in [5.74, 6) is 3.23. The van der Waals surface area contributed by atoms with Crippen molar-refractivity contribution < 1.29 is 9.47 Å². The Morgan fingerprint density at radius 3 is 2.48 bits per heavy atom. The van der Waals surface area contributed by atoms with E-state index in [2.05, 4.69) is 57.9 Å². The zero-order valence-corrected chi connectivity index (χ0v) is 22.4. The fraction of sp³-hybridized carbons (Fsp3) is 0.360. The van der Waals surface area contributed by atoms with Crippen LogP contribution in [-0.2, 0) is 19.6 Å². The summed E-state index contributed by atoms with van der Waals surface area (Å²) in [6, 6.07) is 14.4. The van der Waals surface area contributed by atoms with Crippen LogP contribution in [0.15, 0.2) is 59.9 Å². The number of halogens is 1. The van der Waals surface area contributed by atoms with Crippen molar-refractivity contribution >= 4 is 29.9 Å². The molecule has 0 aliphatic heterocycles. The lowest BCUT2D eigenvalue weighted by Gasteiger charge is -2.23. The van der Waals surface area contributed by atoms with E-state index < -0.39 is 0 Å². The van der Waals surface area contributed by atoms with E-state index in [1.807, 2.05) is 37.6 Å². The molecule has 178 valence electrons. The Morgan fingerprint density at radius 1 is 1.12 bits per heavy atom. The van der Waals surface area contributed by atoms with Crippen LogP contribution in [0, 0.1) is 6.92 Å². The van der Waals surface area contributed by atoms with Crippen molar-refractivity contribution in [2.75, 3.05) is 27.8 Å². The highest BCUT2D eigenvalue weighted by Gasteiger charge is 2.13. The maximum Gasteiger partial charge on any atom is 0.194 e. The van der Waals surface area contributed by atoms with Gasteiger partial charge >= 0.3 is 0 Å². The topological polar surface area (TPSA) is 63.9 Å². The molecule has 0 spiro atoms. The number of aliphatic imine (C=N–C) groups is 1. The smallest absolute Gasteiger partial charge is 0.194 e. The first-order valence-corrected chi connectivity index (χ1v) is 10.8. The summed E-state index contributed by atoms with van der Waals surface area (Å²) in [4.78, 5) is 11.5. The number of hydrogen-bond acceptors (Lipinski definition) is 4. The van der Waals surface area contributed by atoms with Crippen molar-refractivity contribution in [3.05, 3.63) is 77.4 Å². The van der Waals surface area contributed by atoms with Crippen molar-refractivity contribution in [1.82, 2.24) is 19.8 Å². The number of guanidine groups is 1. The zero-order valence-electron chi connectivity index (χ0n) is 20.0. The van der Waals surface area contributed by atoms with Crippen LogP contribution in [0.1, 0.15) is 29.4 Å². The Hall–Kier alpha value is -2.75. The highest BCUT2D eigenvalue weighted by atomic mass is 127. The Morgan fingerprint density at radius 2 is 1.82 bits per heavy atom. The molecule has 1 aromatic heterocycles. The van der Waals surface area contributed by atoms with Gasteiger partial charge in [0.2, 0.25) is 0 Å². The Bertz CT molecular complexity index is 1040. The highest BCUT2D eigenvalue weighted by molar-refractivity contribution is 14.0. The van der Waals surface area contributed by atoms with Gasteiger partial charge in [0.25, 0.3) is 0 Å². The zero-order chi connectivity index (χ0) is 22.9. The maximum atomic E-state index is 5.48. The van der Waals surface area contributed by atoms with Crippen molar-refractivity contribution in [2.24, 2.45) is 4.99 Å². The van der Waals surface area contributed by atoms with Gasteiger partial charge in [-0.15, -0.1) is 24.0 Å². The summed E-state index contributed by atoms with van der Waals surface area (Å²) in [5.41, 5.74) is 3.54. The maximum absolute atomic E-state index is 5.48. The summed E-state index contributed by atoms with van der Waals surface area (Å²) >= 11 is 0. The number of nitrogens with zero attached hydrogens (tertiary/aromatic N) is 4.